The maximum Gasteiger partial charge on any atom is 0.192 e. The summed E-state index contributed by atoms with van der Waals surface area (Å²) in [5, 5.41) is 0. The molecule has 0 atom stereocenters. The SMILES string of the molecule is c1cc[n+](CC[S+]2CCSCC2)cc1. The van der Waals surface area contributed by atoms with Crippen LogP contribution in [0.5, 0.6) is 0 Å². The van der Waals surface area contributed by atoms with Crippen LogP contribution in [0.2, 0.25) is 0 Å². The zero-order valence-corrected chi connectivity index (χ0v) is 10.0. The average molecular weight is 227 g/mol. The second-order valence-electron chi connectivity index (χ2n) is 3.45. The molecule has 1 aromatic rings. The quantitative estimate of drug-likeness (QED) is 0.557. The van der Waals surface area contributed by atoms with Crippen LogP contribution in [-0.2, 0) is 17.4 Å². The zero-order chi connectivity index (χ0) is 9.64. The third-order valence-electron chi connectivity index (χ3n) is 2.45. The number of hydrogen-bond acceptors (Lipinski definition) is 1. The van der Waals surface area contributed by atoms with E-state index >= 15 is 0 Å². The maximum atomic E-state index is 2.30. The Kier molecular flexibility index (Phi) is 4.20. The third kappa shape index (κ3) is 3.21. The summed E-state index contributed by atoms with van der Waals surface area (Å²) in [6.07, 6.45) is 4.34. The first-order valence-corrected chi connectivity index (χ1v) is 8.00. The smallest absolute Gasteiger partial charge is 0.192 e. The van der Waals surface area contributed by atoms with Gasteiger partial charge < -0.3 is 0 Å². The summed E-state index contributed by atoms with van der Waals surface area (Å²) in [5.74, 6) is 7.08. The molecule has 0 amide bonds. The van der Waals surface area contributed by atoms with Gasteiger partial charge in [0.15, 0.2) is 24.7 Å². The summed E-state index contributed by atoms with van der Waals surface area (Å²) in [7, 11) is 0.713. The standard InChI is InChI=1S/C11H17NS2/c1-2-4-12(5-3-1)6-9-14-10-7-13-8-11-14/h1-5H,6-11H2/q+2. The van der Waals surface area contributed by atoms with Crippen molar-refractivity contribution < 1.29 is 4.57 Å². The fraction of sp³-hybridized carbons (Fsp3) is 0.545. The fourth-order valence-electron chi connectivity index (χ4n) is 1.58. The van der Waals surface area contributed by atoms with Crippen LogP contribution in [0.25, 0.3) is 0 Å². The molecule has 1 aliphatic rings. The highest BCUT2D eigenvalue weighted by Gasteiger charge is 2.23. The van der Waals surface area contributed by atoms with Crippen LogP contribution in [0.4, 0.5) is 0 Å². The molecular weight excluding hydrogens is 210 g/mol. The Balaban J connectivity index is 1.76. The number of rotatable bonds is 3. The van der Waals surface area contributed by atoms with Crippen molar-refractivity contribution in [3.8, 4) is 0 Å². The van der Waals surface area contributed by atoms with E-state index in [1.54, 1.807) is 0 Å². The predicted octanol–water partition coefficient (Wildman–Crippen LogP) is 1.34. The van der Waals surface area contributed by atoms with Gasteiger partial charge in [-0.1, -0.05) is 6.07 Å². The van der Waals surface area contributed by atoms with E-state index in [1.807, 2.05) is 0 Å². The molecule has 1 fully saturated rings. The van der Waals surface area contributed by atoms with Crippen LogP contribution in [0, 0.1) is 0 Å². The van der Waals surface area contributed by atoms with Gasteiger partial charge in [-0.3, -0.25) is 0 Å². The summed E-state index contributed by atoms with van der Waals surface area (Å²) >= 11 is 2.12. The van der Waals surface area contributed by atoms with Gasteiger partial charge in [-0.2, -0.15) is 11.8 Å². The van der Waals surface area contributed by atoms with Crippen LogP contribution in [0.3, 0.4) is 0 Å². The first-order valence-electron chi connectivity index (χ1n) is 5.11. The van der Waals surface area contributed by atoms with Crippen molar-refractivity contribution in [3.05, 3.63) is 30.6 Å². The lowest BCUT2D eigenvalue weighted by atomic mass is 10.5. The normalized spacial score (nSPS) is 18.3. The molecule has 0 N–H and O–H groups in total. The Hall–Kier alpha value is -0.150. The van der Waals surface area contributed by atoms with E-state index < -0.39 is 0 Å². The minimum atomic E-state index is 0.713. The van der Waals surface area contributed by atoms with Gasteiger partial charge in [0.25, 0.3) is 0 Å². The largest absolute Gasteiger partial charge is 0.200 e. The molecule has 3 heteroatoms. The van der Waals surface area contributed by atoms with Crippen molar-refractivity contribution in [2.45, 2.75) is 6.54 Å². The first kappa shape index (κ1) is 10.4. The molecule has 0 bridgehead atoms. The molecular formula is C11H17NS2+2. The van der Waals surface area contributed by atoms with Gasteiger partial charge in [-0.25, -0.2) is 4.57 Å². The van der Waals surface area contributed by atoms with Gasteiger partial charge in [0.05, 0.1) is 0 Å². The third-order valence-corrected chi connectivity index (χ3v) is 6.27. The molecule has 76 valence electrons. The second-order valence-corrected chi connectivity index (χ2v) is 7.12. The van der Waals surface area contributed by atoms with Crippen LogP contribution < -0.4 is 4.57 Å². The summed E-state index contributed by atoms with van der Waals surface area (Å²) < 4.78 is 2.30. The molecule has 2 heterocycles. The number of hydrogen-bond donors (Lipinski definition) is 0. The summed E-state index contributed by atoms with van der Waals surface area (Å²) in [6.45, 7) is 1.20. The first-order chi connectivity index (χ1) is 6.95. The zero-order valence-electron chi connectivity index (χ0n) is 8.39. The van der Waals surface area contributed by atoms with Gasteiger partial charge >= 0.3 is 0 Å². The van der Waals surface area contributed by atoms with Gasteiger partial charge in [0.2, 0.25) is 0 Å². The molecule has 0 saturated carbocycles. The molecule has 1 aromatic heterocycles. The van der Waals surface area contributed by atoms with Crippen molar-refractivity contribution in [2.24, 2.45) is 0 Å². The minimum Gasteiger partial charge on any atom is -0.200 e. The van der Waals surface area contributed by atoms with E-state index in [0.717, 1.165) is 0 Å². The summed E-state index contributed by atoms with van der Waals surface area (Å²) in [4.78, 5) is 0. The topological polar surface area (TPSA) is 3.88 Å². The fourth-order valence-corrected chi connectivity index (χ4v) is 5.69. The summed E-state index contributed by atoms with van der Waals surface area (Å²) in [5.41, 5.74) is 0. The Labute approximate surface area is 93.3 Å². The van der Waals surface area contributed by atoms with Gasteiger partial charge in [0, 0.05) is 23.6 Å². The number of thioether (sulfide) groups is 1. The van der Waals surface area contributed by atoms with E-state index in [1.165, 1.54) is 35.3 Å². The van der Waals surface area contributed by atoms with Crippen molar-refractivity contribution in [1.29, 1.82) is 0 Å². The highest BCUT2D eigenvalue weighted by Crippen LogP contribution is 2.13. The molecule has 0 spiro atoms. The maximum absolute atomic E-state index is 2.30. The van der Waals surface area contributed by atoms with Gasteiger partial charge in [-0.15, -0.1) is 0 Å². The lowest BCUT2D eigenvalue weighted by molar-refractivity contribution is -0.692. The number of nitrogens with zero attached hydrogens (tertiary/aromatic N) is 1. The van der Waals surface area contributed by atoms with E-state index in [4.69, 9.17) is 0 Å². The Morgan fingerprint density at radius 3 is 2.50 bits per heavy atom. The molecule has 14 heavy (non-hydrogen) atoms. The predicted molar refractivity (Wildman–Crippen MR) is 65.9 cm³/mol. The molecule has 1 nitrogen and oxygen atoms in total. The van der Waals surface area contributed by atoms with E-state index in [2.05, 4.69) is 46.9 Å². The van der Waals surface area contributed by atoms with E-state index in [9.17, 15) is 0 Å². The molecule has 0 unspecified atom stereocenters. The molecule has 0 aliphatic carbocycles. The highest BCUT2D eigenvalue weighted by atomic mass is 32.2. The van der Waals surface area contributed by atoms with Crippen molar-refractivity contribution in [3.63, 3.8) is 0 Å². The van der Waals surface area contributed by atoms with Gasteiger partial charge in [0.1, 0.15) is 11.5 Å². The van der Waals surface area contributed by atoms with Gasteiger partial charge in [-0.05, 0) is 10.9 Å². The Morgan fingerprint density at radius 2 is 1.79 bits per heavy atom. The second kappa shape index (κ2) is 5.66. The number of aryl methyl sites for hydroxylation is 1. The number of pyridine rings is 1. The van der Waals surface area contributed by atoms with Crippen LogP contribution in [0.15, 0.2) is 30.6 Å². The number of aromatic nitrogens is 1. The molecule has 1 aliphatic heterocycles. The lowest BCUT2D eigenvalue weighted by Crippen LogP contribution is -2.38. The monoisotopic (exact) mass is 227 g/mol. The lowest BCUT2D eigenvalue weighted by Gasteiger charge is -2.11. The average Bonchev–Trinajstić information content (AvgIpc) is 2.29. The van der Waals surface area contributed by atoms with Crippen molar-refractivity contribution in [1.82, 2.24) is 0 Å². The molecule has 0 aromatic carbocycles. The minimum absolute atomic E-state index is 0.713. The molecule has 2 rings (SSSR count). The Morgan fingerprint density at radius 1 is 1.07 bits per heavy atom. The highest BCUT2D eigenvalue weighted by molar-refractivity contribution is 8.05. The summed E-state index contributed by atoms with van der Waals surface area (Å²) in [6, 6.07) is 6.30. The van der Waals surface area contributed by atoms with Crippen LogP contribution in [-0.4, -0.2) is 28.8 Å². The van der Waals surface area contributed by atoms with E-state index in [0.29, 0.717) is 10.9 Å². The Bertz CT molecular complexity index is 257. The van der Waals surface area contributed by atoms with E-state index in [-0.39, 0.29) is 0 Å². The molecule has 0 radical (unpaired) electrons. The van der Waals surface area contributed by atoms with Crippen molar-refractivity contribution in [2.75, 3.05) is 28.8 Å². The van der Waals surface area contributed by atoms with Crippen LogP contribution in [0.1, 0.15) is 0 Å². The molecule has 1 saturated heterocycles. The van der Waals surface area contributed by atoms with Crippen molar-refractivity contribution >= 4 is 22.7 Å². The van der Waals surface area contributed by atoms with Crippen LogP contribution >= 0.6 is 11.8 Å².